The Kier molecular flexibility index (Phi) is 5.73. The first kappa shape index (κ1) is 18.0. The maximum atomic E-state index is 12.3. The first-order valence-electron chi connectivity index (χ1n) is 7.61. The number of nitrogens with two attached hydrogens (primary N) is 1. The van der Waals surface area contributed by atoms with Crippen LogP contribution < -0.4 is 11.1 Å². The minimum Gasteiger partial charge on any atom is -0.478 e. The number of nitrogen functional groups attached to an aromatic ring is 1. The highest BCUT2D eigenvalue weighted by Gasteiger charge is 2.22. The van der Waals surface area contributed by atoms with E-state index in [1.54, 1.807) is 25.1 Å². The molecule has 2 aromatic rings. The molecule has 25 heavy (non-hydrogen) atoms. The number of ether oxygens (including phenoxy) is 1. The van der Waals surface area contributed by atoms with Crippen LogP contribution in [0.3, 0.4) is 0 Å². The van der Waals surface area contributed by atoms with Crippen molar-refractivity contribution in [2.24, 2.45) is 0 Å². The number of carbonyl (C=O) groups excluding carboxylic acids is 2. The summed E-state index contributed by atoms with van der Waals surface area (Å²) in [5.74, 6) is -2.20. The van der Waals surface area contributed by atoms with E-state index in [2.05, 4.69) is 5.32 Å². The number of nitrogens with one attached hydrogen (secondary N) is 1. The van der Waals surface area contributed by atoms with Gasteiger partial charge in [-0.1, -0.05) is 13.0 Å². The summed E-state index contributed by atoms with van der Waals surface area (Å²) in [6.45, 7) is 1.71. The van der Waals surface area contributed by atoms with Crippen molar-refractivity contribution in [1.29, 1.82) is 0 Å². The van der Waals surface area contributed by atoms with Crippen LogP contribution in [0.15, 0.2) is 48.5 Å². The second kappa shape index (κ2) is 7.96. The van der Waals surface area contributed by atoms with Crippen molar-refractivity contribution < 1.29 is 24.2 Å². The van der Waals surface area contributed by atoms with Crippen LogP contribution in [0.25, 0.3) is 0 Å². The summed E-state index contributed by atoms with van der Waals surface area (Å²) in [7, 11) is 0. The van der Waals surface area contributed by atoms with Gasteiger partial charge in [0.2, 0.25) is 0 Å². The topological polar surface area (TPSA) is 119 Å². The minimum absolute atomic E-state index is 0.109. The summed E-state index contributed by atoms with van der Waals surface area (Å²) < 4.78 is 5.24. The van der Waals surface area contributed by atoms with Crippen LogP contribution >= 0.6 is 0 Å². The van der Waals surface area contributed by atoms with Crippen LogP contribution in [0, 0.1) is 0 Å². The van der Waals surface area contributed by atoms with Gasteiger partial charge in [0, 0.05) is 11.4 Å². The number of rotatable bonds is 6. The van der Waals surface area contributed by atoms with E-state index in [9.17, 15) is 14.4 Å². The van der Waals surface area contributed by atoms with E-state index in [1.165, 1.54) is 30.3 Å². The van der Waals surface area contributed by atoms with E-state index in [4.69, 9.17) is 15.6 Å². The third kappa shape index (κ3) is 4.81. The third-order valence-electron chi connectivity index (χ3n) is 3.43. The van der Waals surface area contributed by atoms with Crippen LogP contribution in [0.2, 0.25) is 0 Å². The Balaban J connectivity index is 2.02. The molecular weight excluding hydrogens is 324 g/mol. The number of aromatic carboxylic acids is 1. The van der Waals surface area contributed by atoms with Crippen molar-refractivity contribution in [3.63, 3.8) is 0 Å². The smallest absolute Gasteiger partial charge is 0.338 e. The van der Waals surface area contributed by atoms with Crippen LogP contribution in [0.4, 0.5) is 11.4 Å². The van der Waals surface area contributed by atoms with E-state index in [0.717, 1.165) is 0 Å². The molecule has 2 rings (SSSR count). The highest BCUT2D eigenvalue weighted by Crippen LogP contribution is 2.14. The molecule has 130 valence electrons. The lowest BCUT2D eigenvalue weighted by molar-refractivity contribution is -0.124. The Morgan fingerprint density at radius 2 is 1.80 bits per heavy atom. The van der Waals surface area contributed by atoms with E-state index in [1.807, 2.05) is 0 Å². The number of amides is 1. The predicted molar refractivity (Wildman–Crippen MR) is 92.4 cm³/mol. The van der Waals surface area contributed by atoms with Crippen molar-refractivity contribution in [3.8, 4) is 0 Å². The molecule has 1 atom stereocenters. The summed E-state index contributed by atoms with van der Waals surface area (Å²) in [4.78, 5) is 35.2. The minimum atomic E-state index is -1.06. The van der Waals surface area contributed by atoms with Gasteiger partial charge in [-0.15, -0.1) is 0 Å². The molecule has 7 heteroatoms. The average Bonchev–Trinajstić information content (AvgIpc) is 2.59. The lowest BCUT2D eigenvalue weighted by Gasteiger charge is -2.16. The molecule has 1 amide bonds. The van der Waals surface area contributed by atoms with Gasteiger partial charge in [-0.2, -0.15) is 0 Å². The zero-order chi connectivity index (χ0) is 18.4. The largest absolute Gasteiger partial charge is 0.478 e. The lowest BCUT2D eigenvalue weighted by Crippen LogP contribution is -2.32. The number of carboxylic acids is 1. The summed E-state index contributed by atoms with van der Waals surface area (Å²) in [5, 5.41) is 11.5. The fourth-order valence-corrected chi connectivity index (χ4v) is 2.10. The predicted octanol–water partition coefficient (Wildman–Crippen LogP) is 2.54. The molecule has 0 fully saturated rings. The molecule has 4 N–H and O–H groups in total. The molecule has 0 saturated heterocycles. The Labute approximate surface area is 144 Å². The summed E-state index contributed by atoms with van der Waals surface area (Å²) in [6, 6.07) is 12.0. The monoisotopic (exact) mass is 342 g/mol. The van der Waals surface area contributed by atoms with Crippen LogP contribution in [0.5, 0.6) is 0 Å². The molecule has 0 bridgehead atoms. The first-order chi connectivity index (χ1) is 11.9. The number of benzene rings is 2. The van der Waals surface area contributed by atoms with Crippen molar-refractivity contribution in [2.75, 3.05) is 11.1 Å². The van der Waals surface area contributed by atoms with Gasteiger partial charge in [0.1, 0.15) is 0 Å². The van der Waals surface area contributed by atoms with E-state index < -0.39 is 23.9 Å². The second-order valence-corrected chi connectivity index (χ2v) is 5.30. The number of anilines is 2. The standard InChI is InChI=1S/C18H18N2O5/c1-2-15(25-18(24)12-4-3-5-13(19)10-12)16(21)20-14-8-6-11(7-9-14)17(22)23/h3-10,15H,2,19H2,1H3,(H,20,21)(H,22,23). The Morgan fingerprint density at radius 3 is 2.36 bits per heavy atom. The fourth-order valence-electron chi connectivity index (χ4n) is 2.10. The van der Waals surface area contributed by atoms with Crippen molar-refractivity contribution >= 4 is 29.2 Å². The quantitative estimate of drug-likeness (QED) is 0.548. The van der Waals surface area contributed by atoms with Gasteiger partial charge in [-0.05, 0) is 48.9 Å². The Bertz CT molecular complexity index is 786. The molecule has 0 saturated carbocycles. The summed E-state index contributed by atoms with van der Waals surface area (Å²) >= 11 is 0. The number of carbonyl (C=O) groups is 3. The van der Waals surface area contributed by atoms with Gasteiger partial charge in [-0.25, -0.2) is 9.59 Å². The van der Waals surface area contributed by atoms with Gasteiger partial charge in [0.15, 0.2) is 6.10 Å². The molecule has 0 heterocycles. The van der Waals surface area contributed by atoms with Crippen LogP contribution in [-0.2, 0) is 9.53 Å². The number of carboxylic acid groups (broad SMARTS) is 1. The average molecular weight is 342 g/mol. The second-order valence-electron chi connectivity index (χ2n) is 5.30. The molecule has 0 aliphatic heterocycles. The van der Waals surface area contributed by atoms with Crippen LogP contribution in [0.1, 0.15) is 34.1 Å². The normalized spacial score (nSPS) is 11.4. The highest BCUT2D eigenvalue weighted by atomic mass is 16.5. The molecule has 1 unspecified atom stereocenters. The lowest BCUT2D eigenvalue weighted by atomic mass is 10.2. The number of hydrogen-bond acceptors (Lipinski definition) is 5. The molecule has 0 aromatic heterocycles. The molecule has 7 nitrogen and oxygen atoms in total. The fraction of sp³-hybridized carbons (Fsp3) is 0.167. The number of hydrogen-bond donors (Lipinski definition) is 3. The van der Waals surface area contributed by atoms with Gasteiger partial charge in [-0.3, -0.25) is 4.79 Å². The first-order valence-corrected chi connectivity index (χ1v) is 7.61. The van der Waals surface area contributed by atoms with Crippen molar-refractivity contribution in [3.05, 3.63) is 59.7 Å². The van der Waals surface area contributed by atoms with Crippen LogP contribution in [-0.4, -0.2) is 29.1 Å². The Morgan fingerprint density at radius 1 is 1.12 bits per heavy atom. The summed E-state index contributed by atoms with van der Waals surface area (Å²) in [6.07, 6.45) is -0.694. The molecule has 0 radical (unpaired) electrons. The zero-order valence-electron chi connectivity index (χ0n) is 13.6. The van der Waals surface area contributed by atoms with E-state index in [-0.39, 0.29) is 17.5 Å². The molecule has 2 aromatic carbocycles. The highest BCUT2D eigenvalue weighted by molar-refractivity contribution is 5.98. The maximum Gasteiger partial charge on any atom is 0.338 e. The van der Waals surface area contributed by atoms with Gasteiger partial charge >= 0.3 is 11.9 Å². The molecule has 0 spiro atoms. The van der Waals surface area contributed by atoms with Gasteiger partial charge in [0.05, 0.1) is 11.1 Å². The third-order valence-corrected chi connectivity index (χ3v) is 3.43. The van der Waals surface area contributed by atoms with E-state index >= 15 is 0 Å². The molecule has 0 aliphatic rings. The number of esters is 1. The van der Waals surface area contributed by atoms with Crippen molar-refractivity contribution in [1.82, 2.24) is 0 Å². The molecule has 0 aliphatic carbocycles. The Hall–Kier alpha value is -3.35. The van der Waals surface area contributed by atoms with Gasteiger partial charge < -0.3 is 20.9 Å². The van der Waals surface area contributed by atoms with Crippen molar-refractivity contribution in [2.45, 2.75) is 19.4 Å². The maximum absolute atomic E-state index is 12.3. The SMILES string of the molecule is CCC(OC(=O)c1cccc(N)c1)C(=O)Nc1ccc(C(=O)O)cc1. The summed E-state index contributed by atoms with van der Waals surface area (Å²) in [5.41, 5.74) is 6.83. The molecular formula is C18H18N2O5. The van der Waals surface area contributed by atoms with Gasteiger partial charge in [0.25, 0.3) is 5.91 Å². The zero-order valence-corrected chi connectivity index (χ0v) is 13.6. The van der Waals surface area contributed by atoms with E-state index in [0.29, 0.717) is 11.4 Å².